The molecule has 1 amide bonds. The maximum Gasteiger partial charge on any atom is 0.225 e. The van der Waals surface area contributed by atoms with Gasteiger partial charge in [-0.3, -0.25) is 4.79 Å². The van der Waals surface area contributed by atoms with Gasteiger partial charge in [0.1, 0.15) is 5.75 Å². The summed E-state index contributed by atoms with van der Waals surface area (Å²) in [6, 6.07) is 6.10. The minimum atomic E-state index is 0.0392. The Morgan fingerprint density at radius 3 is 2.97 bits per heavy atom. The fourth-order valence-corrected chi connectivity index (χ4v) is 3.99. The van der Waals surface area contributed by atoms with E-state index in [0.717, 1.165) is 73.0 Å². The summed E-state index contributed by atoms with van der Waals surface area (Å²) >= 11 is 0. The number of carbonyl (C=O) groups is 1. The number of aryl methyl sites for hydroxylation is 1. The topological polar surface area (TPSA) is 76.6 Å². The summed E-state index contributed by atoms with van der Waals surface area (Å²) in [7, 11) is 1.64. The lowest BCUT2D eigenvalue weighted by Crippen LogP contribution is -2.45. The van der Waals surface area contributed by atoms with Crippen LogP contribution in [0.15, 0.2) is 24.4 Å². The van der Waals surface area contributed by atoms with Crippen molar-refractivity contribution in [1.29, 1.82) is 0 Å². The highest BCUT2D eigenvalue weighted by molar-refractivity contribution is 5.79. The van der Waals surface area contributed by atoms with E-state index in [-0.39, 0.29) is 11.9 Å². The predicted octanol–water partition coefficient (Wildman–Crippen LogP) is 2.19. The van der Waals surface area contributed by atoms with Crippen molar-refractivity contribution in [3.05, 3.63) is 46.8 Å². The number of nitrogens with zero attached hydrogens (tertiary/aromatic N) is 3. The Morgan fingerprint density at radius 1 is 1.34 bits per heavy atom. The lowest BCUT2D eigenvalue weighted by Gasteiger charge is -2.33. The molecule has 1 fully saturated rings. The number of rotatable bonds is 5. The third-order valence-corrected chi connectivity index (χ3v) is 5.61. The van der Waals surface area contributed by atoms with Crippen LogP contribution in [0.25, 0.3) is 0 Å². The number of amides is 1. The molecule has 7 nitrogen and oxygen atoms in total. The van der Waals surface area contributed by atoms with Crippen molar-refractivity contribution in [3.63, 3.8) is 0 Å². The summed E-state index contributed by atoms with van der Waals surface area (Å²) in [5, 5.41) is 3.18. The molecule has 2 aliphatic rings. The lowest BCUT2D eigenvalue weighted by atomic mass is 10.0. The molecule has 1 N–H and O–H groups in total. The van der Waals surface area contributed by atoms with Gasteiger partial charge in [0.05, 0.1) is 32.4 Å². The summed E-state index contributed by atoms with van der Waals surface area (Å²) < 4.78 is 10.8. The van der Waals surface area contributed by atoms with Crippen LogP contribution in [0.3, 0.4) is 0 Å². The minimum absolute atomic E-state index is 0.0392. The SMILES string of the molecule is COc1ccc(C)cc1CC(=O)NC1CCN(c2ncc3c(n2)CCOC3)CC1. The largest absolute Gasteiger partial charge is 0.496 e. The van der Waals surface area contributed by atoms with Crippen molar-refractivity contribution in [2.75, 3.05) is 31.7 Å². The molecule has 1 aromatic heterocycles. The van der Waals surface area contributed by atoms with Crippen molar-refractivity contribution >= 4 is 11.9 Å². The van der Waals surface area contributed by atoms with Gasteiger partial charge in [0.25, 0.3) is 0 Å². The van der Waals surface area contributed by atoms with Gasteiger partial charge in [-0.1, -0.05) is 17.7 Å². The van der Waals surface area contributed by atoms with Crippen molar-refractivity contribution in [3.8, 4) is 5.75 Å². The summed E-state index contributed by atoms with van der Waals surface area (Å²) in [4.78, 5) is 24.0. The van der Waals surface area contributed by atoms with Crippen LogP contribution in [0.2, 0.25) is 0 Å². The number of aromatic nitrogens is 2. The van der Waals surface area contributed by atoms with E-state index in [9.17, 15) is 4.79 Å². The van der Waals surface area contributed by atoms with Crippen LogP contribution in [-0.2, 0) is 29.0 Å². The molecule has 4 rings (SSSR count). The molecule has 0 spiro atoms. The smallest absolute Gasteiger partial charge is 0.225 e. The normalized spacial score (nSPS) is 17.0. The maximum atomic E-state index is 12.6. The summed E-state index contributed by atoms with van der Waals surface area (Å²) in [5.41, 5.74) is 4.24. The fourth-order valence-electron chi connectivity index (χ4n) is 3.99. The molecular formula is C22H28N4O3. The van der Waals surface area contributed by atoms with Gasteiger partial charge >= 0.3 is 0 Å². The first-order valence-corrected chi connectivity index (χ1v) is 10.2. The number of methoxy groups -OCH3 is 1. The van der Waals surface area contributed by atoms with Gasteiger partial charge in [0.15, 0.2) is 0 Å². The van der Waals surface area contributed by atoms with E-state index >= 15 is 0 Å². The molecule has 7 heteroatoms. The highest BCUT2D eigenvalue weighted by Gasteiger charge is 2.24. The van der Waals surface area contributed by atoms with Gasteiger partial charge in [-0.2, -0.15) is 0 Å². The van der Waals surface area contributed by atoms with Crippen LogP contribution in [-0.4, -0.2) is 48.7 Å². The Morgan fingerprint density at radius 2 is 2.17 bits per heavy atom. The fraction of sp³-hybridized carbons (Fsp3) is 0.500. The molecule has 0 radical (unpaired) electrons. The molecule has 1 saturated heterocycles. The first kappa shape index (κ1) is 19.6. The number of carbonyl (C=O) groups excluding carboxylic acids is 1. The molecule has 2 aliphatic heterocycles. The molecule has 0 atom stereocenters. The second kappa shape index (κ2) is 8.78. The molecule has 2 aromatic rings. The molecule has 0 unspecified atom stereocenters. The average Bonchev–Trinajstić information content (AvgIpc) is 2.74. The average molecular weight is 396 g/mol. The van der Waals surface area contributed by atoms with Crippen LogP contribution in [0.5, 0.6) is 5.75 Å². The molecule has 154 valence electrons. The Hall–Kier alpha value is -2.67. The molecule has 0 aliphatic carbocycles. The molecular weight excluding hydrogens is 368 g/mol. The van der Waals surface area contributed by atoms with Crippen molar-refractivity contribution < 1.29 is 14.3 Å². The van der Waals surface area contributed by atoms with Gasteiger partial charge < -0.3 is 19.7 Å². The highest BCUT2D eigenvalue weighted by atomic mass is 16.5. The van der Waals surface area contributed by atoms with Crippen molar-refractivity contribution in [2.45, 2.75) is 45.3 Å². The number of piperidine rings is 1. The van der Waals surface area contributed by atoms with Crippen LogP contribution in [0.1, 0.15) is 35.2 Å². The Labute approximate surface area is 171 Å². The standard InChI is InChI=1S/C22H28N4O3/c1-15-3-4-20(28-2)16(11-15)12-21(27)24-18-5-8-26(9-6-18)22-23-13-17-14-29-10-7-19(17)25-22/h3-4,11,13,18H,5-10,12,14H2,1-2H3,(H,24,27). The molecule has 1 aromatic carbocycles. The Kier molecular flexibility index (Phi) is 5.94. The number of hydrogen-bond acceptors (Lipinski definition) is 6. The first-order valence-electron chi connectivity index (χ1n) is 10.2. The zero-order chi connectivity index (χ0) is 20.2. The third-order valence-electron chi connectivity index (χ3n) is 5.61. The van der Waals surface area contributed by atoms with Gasteiger partial charge in [-0.05, 0) is 25.8 Å². The van der Waals surface area contributed by atoms with Gasteiger partial charge in [-0.25, -0.2) is 9.97 Å². The van der Waals surface area contributed by atoms with Crippen LogP contribution < -0.4 is 15.0 Å². The van der Waals surface area contributed by atoms with E-state index in [2.05, 4.69) is 15.2 Å². The Bertz CT molecular complexity index is 878. The number of nitrogens with one attached hydrogen (secondary N) is 1. The zero-order valence-electron chi connectivity index (χ0n) is 17.1. The number of benzene rings is 1. The summed E-state index contributed by atoms with van der Waals surface area (Å²) in [5.74, 6) is 1.59. The third kappa shape index (κ3) is 4.67. The second-order valence-electron chi connectivity index (χ2n) is 7.77. The molecule has 3 heterocycles. The number of ether oxygens (including phenoxy) is 2. The first-order chi connectivity index (χ1) is 14.1. The predicted molar refractivity (Wildman–Crippen MR) is 110 cm³/mol. The van der Waals surface area contributed by atoms with E-state index < -0.39 is 0 Å². The Balaban J connectivity index is 1.31. The molecule has 0 bridgehead atoms. The quantitative estimate of drug-likeness (QED) is 0.835. The van der Waals surface area contributed by atoms with E-state index in [1.807, 2.05) is 31.3 Å². The van der Waals surface area contributed by atoms with Crippen LogP contribution >= 0.6 is 0 Å². The van der Waals surface area contributed by atoms with E-state index in [1.165, 1.54) is 0 Å². The van der Waals surface area contributed by atoms with Crippen molar-refractivity contribution in [2.24, 2.45) is 0 Å². The summed E-state index contributed by atoms with van der Waals surface area (Å²) in [6.07, 6.45) is 4.85. The highest BCUT2D eigenvalue weighted by Crippen LogP contribution is 2.22. The molecule has 0 saturated carbocycles. The number of fused-ring (bicyclic) bond motifs is 1. The number of hydrogen-bond donors (Lipinski definition) is 1. The monoisotopic (exact) mass is 396 g/mol. The van der Waals surface area contributed by atoms with Crippen LogP contribution in [0.4, 0.5) is 5.95 Å². The lowest BCUT2D eigenvalue weighted by molar-refractivity contribution is -0.121. The van der Waals surface area contributed by atoms with Gasteiger partial charge in [0, 0.05) is 42.9 Å². The maximum absolute atomic E-state index is 12.6. The minimum Gasteiger partial charge on any atom is -0.496 e. The van der Waals surface area contributed by atoms with E-state index in [1.54, 1.807) is 7.11 Å². The van der Waals surface area contributed by atoms with Crippen molar-refractivity contribution in [1.82, 2.24) is 15.3 Å². The molecule has 29 heavy (non-hydrogen) atoms. The van der Waals surface area contributed by atoms with Crippen LogP contribution in [0, 0.1) is 6.92 Å². The van der Waals surface area contributed by atoms with E-state index in [4.69, 9.17) is 14.5 Å². The van der Waals surface area contributed by atoms with E-state index in [0.29, 0.717) is 13.0 Å². The summed E-state index contributed by atoms with van der Waals surface area (Å²) in [6.45, 7) is 5.03. The zero-order valence-corrected chi connectivity index (χ0v) is 17.1. The van der Waals surface area contributed by atoms with Gasteiger partial charge in [0.2, 0.25) is 11.9 Å². The van der Waals surface area contributed by atoms with Gasteiger partial charge in [-0.15, -0.1) is 0 Å². The second-order valence-corrected chi connectivity index (χ2v) is 7.77. The number of anilines is 1.